The van der Waals surface area contributed by atoms with Crippen molar-refractivity contribution in [2.75, 3.05) is 13.2 Å². The average Bonchev–Trinajstić information content (AvgIpc) is 3.12. The molecule has 9 nitrogen and oxygen atoms in total. The molecule has 2 heterocycles. The standard InChI is InChI=1S/C20H23N5O4/c1-5-29-18(27)10-21-17(26)11-24-20(28)19-16(14(4)23-24)9-22-25(19)15-7-6-12(2)13(3)8-15/h6-9H,5,10-11H2,1-4H3,(H,21,26). The molecule has 29 heavy (non-hydrogen) atoms. The molecular formula is C20H23N5O4. The molecule has 1 amide bonds. The molecule has 1 aromatic carbocycles. The van der Waals surface area contributed by atoms with Gasteiger partial charge in [-0.3, -0.25) is 14.4 Å². The summed E-state index contributed by atoms with van der Waals surface area (Å²) in [7, 11) is 0. The number of aromatic nitrogens is 4. The van der Waals surface area contributed by atoms with Gasteiger partial charge in [0.25, 0.3) is 5.56 Å². The van der Waals surface area contributed by atoms with Crippen LogP contribution in [-0.4, -0.2) is 44.6 Å². The van der Waals surface area contributed by atoms with Crippen molar-refractivity contribution in [3.63, 3.8) is 0 Å². The van der Waals surface area contributed by atoms with E-state index < -0.39 is 17.4 Å². The van der Waals surface area contributed by atoms with Crippen LogP contribution in [0.5, 0.6) is 0 Å². The fourth-order valence-electron chi connectivity index (χ4n) is 2.96. The van der Waals surface area contributed by atoms with Gasteiger partial charge in [0.2, 0.25) is 5.91 Å². The van der Waals surface area contributed by atoms with Gasteiger partial charge in [-0.2, -0.15) is 10.2 Å². The first kappa shape index (κ1) is 20.2. The Morgan fingerprint density at radius 1 is 1.17 bits per heavy atom. The fraction of sp³-hybridized carbons (Fsp3) is 0.350. The second-order valence-corrected chi connectivity index (χ2v) is 6.72. The van der Waals surface area contributed by atoms with Crippen molar-refractivity contribution in [2.24, 2.45) is 0 Å². The monoisotopic (exact) mass is 397 g/mol. The third-order valence-electron chi connectivity index (χ3n) is 4.63. The number of carbonyl (C=O) groups is 2. The minimum Gasteiger partial charge on any atom is -0.465 e. The number of rotatable bonds is 6. The van der Waals surface area contributed by atoms with E-state index in [4.69, 9.17) is 4.74 Å². The van der Waals surface area contributed by atoms with Gasteiger partial charge in [0.05, 0.1) is 24.2 Å². The number of benzene rings is 1. The van der Waals surface area contributed by atoms with Crippen LogP contribution >= 0.6 is 0 Å². The van der Waals surface area contributed by atoms with Crippen LogP contribution in [-0.2, 0) is 20.9 Å². The van der Waals surface area contributed by atoms with Crippen LogP contribution in [0.15, 0.2) is 29.2 Å². The minimum atomic E-state index is -0.541. The predicted octanol–water partition coefficient (Wildman–Crippen LogP) is 1.19. The zero-order valence-corrected chi connectivity index (χ0v) is 16.9. The highest BCUT2D eigenvalue weighted by Crippen LogP contribution is 2.19. The third-order valence-corrected chi connectivity index (χ3v) is 4.63. The number of amides is 1. The Hall–Kier alpha value is -3.49. The van der Waals surface area contributed by atoms with Gasteiger partial charge < -0.3 is 10.1 Å². The molecule has 0 unspecified atom stereocenters. The van der Waals surface area contributed by atoms with Crippen LogP contribution in [0.4, 0.5) is 0 Å². The van der Waals surface area contributed by atoms with E-state index in [9.17, 15) is 14.4 Å². The van der Waals surface area contributed by atoms with E-state index in [1.54, 1.807) is 24.7 Å². The molecule has 0 bridgehead atoms. The van der Waals surface area contributed by atoms with Gasteiger partial charge in [-0.05, 0) is 51.0 Å². The summed E-state index contributed by atoms with van der Waals surface area (Å²) < 4.78 is 7.41. The lowest BCUT2D eigenvalue weighted by Crippen LogP contribution is -2.37. The van der Waals surface area contributed by atoms with E-state index in [1.807, 2.05) is 32.0 Å². The first-order valence-corrected chi connectivity index (χ1v) is 9.27. The molecule has 0 aliphatic carbocycles. The highest BCUT2D eigenvalue weighted by Gasteiger charge is 2.17. The molecular weight excluding hydrogens is 374 g/mol. The molecule has 0 atom stereocenters. The average molecular weight is 397 g/mol. The highest BCUT2D eigenvalue weighted by atomic mass is 16.5. The first-order valence-electron chi connectivity index (χ1n) is 9.27. The quantitative estimate of drug-likeness (QED) is 0.626. The Morgan fingerprint density at radius 3 is 2.62 bits per heavy atom. The zero-order valence-electron chi connectivity index (χ0n) is 16.9. The van der Waals surface area contributed by atoms with Crippen molar-refractivity contribution >= 4 is 22.8 Å². The van der Waals surface area contributed by atoms with Crippen molar-refractivity contribution in [3.05, 3.63) is 51.6 Å². The maximum absolute atomic E-state index is 13.0. The molecule has 9 heteroatoms. The van der Waals surface area contributed by atoms with E-state index in [0.717, 1.165) is 21.5 Å². The smallest absolute Gasteiger partial charge is 0.325 e. The van der Waals surface area contributed by atoms with Crippen molar-refractivity contribution in [1.82, 2.24) is 24.9 Å². The van der Waals surface area contributed by atoms with Gasteiger partial charge in [0.15, 0.2) is 0 Å². The number of aryl methyl sites for hydroxylation is 3. The van der Waals surface area contributed by atoms with Gasteiger partial charge >= 0.3 is 5.97 Å². The van der Waals surface area contributed by atoms with Gasteiger partial charge in [-0.25, -0.2) is 9.36 Å². The number of hydrogen-bond donors (Lipinski definition) is 1. The molecule has 152 valence electrons. The van der Waals surface area contributed by atoms with Gasteiger partial charge in [0, 0.05) is 5.39 Å². The van der Waals surface area contributed by atoms with E-state index in [2.05, 4.69) is 15.5 Å². The Kier molecular flexibility index (Phi) is 5.76. The van der Waals surface area contributed by atoms with E-state index in [-0.39, 0.29) is 19.7 Å². The first-order chi connectivity index (χ1) is 13.8. The summed E-state index contributed by atoms with van der Waals surface area (Å²) in [5, 5.41) is 11.6. The topological polar surface area (TPSA) is 108 Å². The predicted molar refractivity (Wildman–Crippen MR) is 107 cm³/mol. The van der Waals surface area contributed by atoms with Crippen LogP contribution in [0.2, 0.25) is 0 Å². The summed E-state index contributed by atoms with van der Waals surface area (Å²) in [5.74, 6) is -1.05. The van der Waals surface area contributed by atoms with E-state index in [1.165, 1.54) is 0 Å². The highest BCUT2D eigenvalue weighted by molar-refractivity contribution is 5.83. The van der Waals surface area contributed by atoms with Crippen LogP contribution in [0.3, 0.4) is 0 Å². The molecule has 0 aliphatic heterocycles. The zero-order chi connectivity index (χ0) is 21.1. The fourth-order valence-corrected chi connectivity index (χ4v) is 2.96. The van der Waals surface area contributed by atoms with Gasteiger partial charge in [0.1, 0.15) is 18.6 Å². The molecule has 0 aliphatic rings. The van der Waals surface area contributed by atoms with Crippen LogP contribution < -0.4 is 10.9 Å². The third kappa shape index (κ3) is 4.18. The molecule has 3 rings (SSSR count). The molecule has 2 aromatic heterocycles. The SMILES string of the molecule is CCOC(=O)CNC(=O)Cn1nc(C)c2cnn(-c3ccc(C)c(C)c3)c2c1=O. The molecule has 0 radical (unpaired) electrons. The number of hydrogen-bond acceptors (Lipinski definition) is 6. The van der Waals surface area contributed by atoms with E-state index in [0.29, 0.717) is 16.6 Å². The minimum absolute atomic E-state index is 0.230. The Labute approximate surface area is 167 Å². The summed E-state index contributed by atoms with van der Waals surface area (Å²) in [6.07, 6.45) is 1.60. The van der Waals surface area contributed by atoms with Crippen molar-refractivity contribution in [3.8, 4) is 5.69 Å². The summed E-state index contributed by atoms with van der Waals surface area (Å²) in [4.78, 5) is 36.6. The van der Waals surface area contributed by atoms with Crippen molar-refractivity contribution in [2.45, 2.75) is 34.2 Å². The summed E-state index contributed by atoms with van der Waals surface area (Å²) >= 11 is 0. The Bertz CT molecular complexity index is 1150. The molecule has 0 spiro atoms. The van der Waals surface area contributed by atoms with Gasteiger partial charge in [-0.1, -0.05) is 6.07 Å². The maximum atomic E-state index is 13.0. The lowest BCUT2D eigenvalue weighted by atomic mass is 10.1. The number of fused-ring (bicyclic) bond motifs is 1. The summed E-state index contributed by atoms with van der Waals surface area (Å²) in [5.41, 5.74) is 3.46. The van der Waals surface area contributed by atoms with Crippen LogP contribution in [0.25, 0.3) is 16.6 Å². The number of esters is 1. The molecule has 3 aromatic rings. The molecule has 1 N–H and O–H groups in total. The summed E-state index contributed by atoms with van der Waals surface area (Å²) in [6.45, 7) is 7.09. The molecule has 0 saturated carbocycles. The summed E-state index contributed by atoms with van der Waals surface area (Å²) in [6, 6.07) is 5.81. The Balaban J connectivity index is 1.95. The second kappa shape index (κ2) is 8.26. The number of nitrogens with zero attached hydrogens (tertiary/aromatic N) is 4. The maximum Gasteiger partial charge on any atom is 0.325 e. The number of carbonyl (C=O) groups excluding carboxylic acids is 2. The lowest BCUT2D eigenvalue weighted by molar-refractivity contribution is -0.143. The van der Waals surface area contributed by atoms with Crippen LogP contribution in [0.1, 0.15) is 23.7 Å². The van der Waals surface area contributed by atoms with Crippen molar-refractivity contribution in [1.29, 1.82) is 0 Å². The largest absolute Gasteiger partial charge is 0.465 e. The normalized spacial score (nSPS) is 10.9. The second-order valence-electron chi connectivity index (χ2n) is 6.72. The van der Waals surface area contributed by atoms with E-state index >= 15 is 0 Å². The van der Waals surface area contributed by atoms with Crippen molar-refractivity contribution < 1.29 is 14.3 Å². The lowest BCUT2D eigenvalue weighted by Gasteiger charge is -2.10. The van der Waals surface area contributed by atoms with Crippen LogP contribution in [0, 0.1) is 20.8 Å². The molecule has 0 fully saturated rings. The number of ether oxygens (including phenoxy) is 1. The number of nitrogens with one attached hydrogen (secondary N) is 1. The molecule has 0 saturated heterocycles. The Morgan fingerprint density at radius 2 is 1.93 bits per heavy atom. The van der Waals surface area contributed by atoms with Gasteiger partial charge in [-0.15, -0.1) is 0 Å².